The van der Waals surface area contributed by atoms with Crippen molar-refractivity contribution in [2.24, 2.45) is 0 Å². The first-order chi connectivity index (χ1) is 10.0. The normalized spacial score (nSPS) is 10.3. The van der Waals surface area contributed by atoms with E-state index in [1.807, 2.05) is 0 Å². The van der Waals surface area contributed by atoms with E-state index >= 15 is 0 Å². The molecule has 0 unspecified atom stereocenters. The molecule has 0 fully saturated rings. The largest absolute Gasteiger partial charge is 0.464 e. The Balaban J connectivity index is 2.39. The highest BCUT2D eigenvalue weighted by Gasteiger charge is 2.14. The molecule has 0 aliphatic rings. The van der Waals surface area contributed by atoms with Crippen molar-refractivity contribution in [3.05, 3.63) is 29.3 Å². The van der Waals surface area contributed by atoms with E-state index in [-0.39, 0.29) is 23.6 Å². The zero-order chi connectivity index (χ0) is 15.4. The minimum atomic E-state index is -0.734. The Kier molecular flexibility index (Phi) is 4.46. The fraction of sp³-hybridized carbons (Fsp3) is 0.308. The Labute approximate surface area is 120 Å². The lowest BCUT2D eigenvalue weighted by Gasteiger charge is -2.11. The van der Waals surface area contributed by atoms with Crippen LogP contribution >= 0.6 is 0 Å². The Hall–Kier alpha value is -2.51. The summed E-state index contributed by atoms with van der Waals surface area (Å²) in [6, 6.07) is 2.59. The van der Waals surface area contributed by atoms with Crippen LogP contribution in [0.5, 0.6) is 6.01 Å². The second kappa shape index (κ2) is 6.29. The zero-order valence-corrected chi connectivity index (χ0v) is 11.9. The number of benzene rings is 1. The smallest absolute Gasteiger partial charge is 0.323 e. The molecule has 2 N–H and O–H groups in total. The van der Waals surface area contributed by atoms with Gasteiger partial charge >= 0.3 is 6.01 Å². The maximum absolute atomic E-state index is 14.0. The zero-order valence-electron chi connectivity index (χ0n) is 11.9. The van der Waals surface area contributed by atoms with Gasteiger partial charge in [0.05, 0.1) is 6.61 Å². The lowest BCUT2D eigenvalue weighted by atomic mass is 10.2. The topological polar surface area (TPSA) is 72.0 Å². The minimum absolute atomic E-state index is 0.0128. The summed E-state index contributed by atoms with van der Waals surface area (Å²) in [5, 5.41) is 5.25. The summed E-state index contributed by atoms with van der Waals surface area (Å²) in [5.41, 5.74) is -0.00229. The molecule has 21 heavy (non-hydrogen) atoms. The summed E-state index contributed by atoms with van der Waals surface area (Å²) < 4.78 is 32.9. The van der Waals surface area contributed by atoms with Crippen molar-refractivity contribution in [1.29, 1.82) is 0 Å². The Morgan fingerprint density at radius 3 is 2.52 bits per heavy atom. The molecular weight excluding hydrogens is 280 g/mol. The molecule has 0 radical (unpaired) electrons. The van der Waals surface area contributed by atoms with Crippen LogP contribution in [0.3, 0.4) is 0 Å². The monoisotopic (exact) mass is 295 g/mol. The van der Waals surface area contributed by atoms with Crippen molar-refractivity contribution >= 4 is 17.6 Å². The van der Waals surface area contributed by atoms with E-state index in [1.165, 1.54) is 19.1 Å². The quantitative estimate of drug-likeness (QED) is 0.883. The standard InChI is InChI=1S/C13H15F2N5O/c1-4-21-13-19-11(16-3)18-12(20-13)17-10-8(14)6-5-7(2)9(10)15/h5-6H,4H2,1-3H3,(H2,16,17,18,19,20). The summed E-state index contributed by atoms with van der Waals surface area (Å²) in [6.45, 7) is 3.67. The average molecular weight is 295 g/mol. The number of hydrogen-bond donors (Lipinski definition) is 2. The third kappa shape index (κ3) is 3.33. The van der Waals surface area contributed by atoms with Crippen molar-refractivity contribution in [1.82, 2.24) is 15.0 Å². The molecule has 0 aliphatic carbocycles. The second-order valence-corrected chi connectivity index (χ2v) is 4.13. The molecule has 0 atom stereocenters. The summed E-state index contributed by atoms with van der Waals surface area (Å²) in [4.78, 5) is 11.9. The number of hydrogen-bond acceptors (Lipinski definition) is 6. The molecule has 0 saturated carbocycles. The van der Waals surface area contributed by atoms with Crippen LogP contribution in [0.1, 0.15) is 12.5 Å². The van der Waals surface area contributed by atoms with E-state index in [1.54, 1.807) is 14.0 Å². The summed E-state index contributed by atoms with van der Waals surface area (Å²) in [6.07, 6.45) is 0. The number of rotatable bonds is 5. The average Bonchev–Trinajstić information content (AvgIpc) is 2.48. The number of ether oxygens (including phenoxy) is 1. The highest BCUT2D eigenvalue weighted by molar-refractivity contribution is 5.57. The van der Waals surface area contributed by atoms with Crippen molar-refractivity contribution in [2.45, 2.75) is 13.8 Å². The molecule has 0 saturated heterocycles. The highest BCUT2D eigenvalue weighted by Crippen LogP contribution is 2.25. The van der Waals surface area contributed by atoms with Gasteiger partial charge in [-0.25, -0.2) is 8.78 Å². The molecule has 0 spiro atoms. The van der Waals surface area contributed by atoms with Gasteiger partial charge in [0.25, 0.3) is 0 Å². The van der Waals surface area contributed by atoms with Crippen LogP contribution in [0, 0.1) is 18.6 Å². The van der Waals surface area contributed by atoms with Gasteiger partial charge in [-0.15, -0.1) is 0 Å². The molecule has 2 aromatic rings. The van der Waals surface area contributed by atoms with E-state index in [0.717, 1.165) is 0 Å². The molecule has 1 aromatic heterocycles. The molecule has 6 nitrogen and oxygen atoms in total. The third-order valence-corrected chi connectivity index (χ3v) is 2.63. The molecule has 0 aliphatic heterocycles. The Bertz CT molecular complexity index is 651. The van der Waals surface area contributed by atoms with Crippen molar-refractivity contribution in [3.63, 3.8) is 0 Å². The van der Waals surface area contributed by atoms with Crippen LogP contribution in [0.25, 0.3) is 0 Å². The SMILES string of the molecule is CCOc1nc(NC)nc(Nc2c(F)ccc(C)c2F)n1. The predicted octanol–water partition coefficient (Wildman–Crippen LogP) is 2.64. The number of aromatic nitrogens is 3. The van der Waals surface area contributed by atoms with E-state index in [4.69, 9.17) is 4.74 Å². The molecule has 2 rings (SSSR count). The number of halogens is 2. The molecule has 0 bridgehead atoms. The summed E-state index contributed by atoms with van der Waals surface area (Å²) in [7, 11) is 1.61. The first-order valence-corrected chi connectivity index (χ1v) is 6.33. The van der Waals surface area contributed by atoms with Gasteiger partial charge in [0.2, 0.25) is 11.9 Å². The van der Waals surface area contributed by atoms with E-state index in [9.17, 15) is 8.78 Å². The fourth-order valence-corrected chi connectivity index (χ4v) is 1.60. The number of anilines is 3. The summed E-state index contributed by atoms with van der Waals surface area (Å²) in [5.74, 6) is -1.22. The molecule has 0 amide bonds. The van der Waals surface area contributed by atoms with Crippen LogP contribution in [0.2, 0.25) is 0 Å². The lowest BCUT2D eigenvalue weighted by Crippen LogP contribution is -2.08. The molecule has 112 valence electrons. The van der Waals surface area contributed by atoms with Crippen LogP contribution in [-0.2, 0) is 0 Å². The van der Waals surface area contributed by atoms with Gasteiger partial charge in [-0.05, 0) is 25.5 Å². The Morgan fingerprint density at radius 2 is 1.86 bits per heavy atom. The van der Waals surface area contributed by atoms with Crippen molar-refractivity contribution < 1.29 is 13.5 Å². The van der Waals surface area contributed by atoms with Gasteiger partial charge in [0.1, 0.15) is 11.5 Å². The first kappa shape index (κ1) is 14.9. The van der Waals surface area contributed by atoms with Crippen LogP contribution in [-0.4, -0.2) is 28.6 Å². The number of nitrogens with zero attached hydrogens (tertiary/aromatic N) is 3. The maximum atomic E-state index is 14.0. The van der Waals surface area contributed by atoms with E-state index in [2.05, 4.69) is 25.6 Å². The van der Waals surface area contributed by atoms with Crippen LogP contribution in [0.4, 0.5) is 26.4 Å². The Morgan fingerprint density at radius 1 is 1.14 bits per heavy atom. The molecular formula is C13H15F2N5O. The second-order valence-electron chi connectivity index (χ2n) is 4.13. The van der Waals surface area contributed by atoms with Gasteiger partial charge in [-0.2, -0.15) is 15.0 Å². The maximum Gasteiger partial charge on any atom is 0.323 e. The van der Waals surface area contributed by atoms with Crippen molar-refractivity contribution in [2.75, 3.05) is 24.3 Å². The van der Waals surface area contributed by atoms with E-state index < -0.39 is 11.6 Å². The fourth-order valence-electron chi connectivity index (χ4n) is 1.60. The first-order valence-electron chi connectivity index (χ1n) is 6.33. The third-order valence-electron chi connectivity index (χ3n) is 2.63. The van der Waals surface area contributed by atoms with Gasteiger partial charge in [-0.1, -0.05) is 6.07 Å². The predicted molar refractivity (Wildman–Crippen MR) is 74.9 cm³/mol. The number of aryl methyl sites for hydroxylation is 1. The minimum Gasteiger partial charge on any atom is -0.464 e. The van der Waals surface area contributed by atoms with E-state index in [0.29, 0.717) is 12.2 Å². The van der Waals surface area contributed by atoms with Gasteiger partial charge in [-0.3, -0.25) is 0 Å². The molecule has 8 heteroatoms. The van der Waals surface area contributed by atoms with Crippen LogP contribution < -0.4 is 15.4 Å². The van der Waals surface area contributed by atoms with Crippen molar-refractivity contribution in [3.8, 4) is 6.01 Å². The van der Waals surface area contributed by atoms with Gasteiger partial charge < -0.3 is 15.4 Å². The molecule has 1 heterocycles. The number of nitrogens with one attached hydrogen (secondary N) is 2. The van der Waals surface area contributed by atoms with Gasteiger partial charge in [0, 0.05) is 7.05 Å². The van der Waals surface area contributed by atoms with Gasteiger partial charge in [0.15, 0.2) is 5.82 Å². The summed E-state index contributed by atoms with van der Waals surface area (Å²) >= 11 is 0. The molecule has 1 aromatic carbocycles. The lowest BCUT2D eigenvalue weighted by molar-refractivity contribution is 0.312. The highest BCUT2D eigenvalue weighted by atomic mass is 19.1. The van der Waals surface area contributed by atoms with Crippen LogP contribution in [0.15, 0.2) is 12.1 Å².